The van der Waals surface area contributed by atoms with Gasteiger partial charge >= 0.3 is 12.1 Å². The number of hydrogen-bond acceptors (Lipinski definition) is 4. The summed E-state index contributed by atoms with van der Waals surface area (Å²) >= 11 is 0. The van der Waals surface area contributed by atoms with Crippen LogP contribution in [0.5, 0.6) is 0 Å². The Morgan fingerprint density at radius 3 is 2.18 bits per heavy atom. The van der Waals surface area contributed by atoms with E-state index in [9.17, 15) is 22.8 Å². The maximum atomic E-state index is 13.1. The summed E-state index contributed by atoms with van der Waals surface area (Å²) in [5.41, 5.74) is 0.337. The summed E-state index contributed by atoms with van der Waals surface area (Å²) in [6.45, 7) is 1.45. The molecule has 0 spiro atoms. The van der Waals surface area contributed by atoms with E-state index in [0.717, 1.165) is 38.1 Å². The Hall–Kier alpha value is -3.03. The molecule has 1 saturated heterocycles. The van der Waals surface area contributed by atoms with Gasteiger partial charge in [-0.2, -0.15) is 13.2 Å². The van der Waals surface area contributed by atoms with E-state index in [4.69, 9.17) is 0 Å². The molecule has 1 amide bonds. The number of nitrogens with one attached hydrogen (secondary N) is 1. The number of methoxy groups -OCH3 is 1. The van der Waals surface area contributed by atoms with Gasteiger partial charge in [0.05, 0.1) is 29.6 Å². The zero-order valence-electron chi connectivity index (χ0n) is 15.2. The molecular formula is C20H19F3N2O3. The summed E-state index contributed by atoms with van der Waals surface area (Å²) in [7, 11) is 1.25. The number of amides is 1. The molecule has 1 N–H and O–H groups in total. The predicted octanol–water partition coefficient (Wildman–Crippen LogP) is 4.34. The first-order valence-electron chi connectivity index (χ1n) is 8.75. The number of carbonyl (C=O) groups is 2. The predicted molar refractivity (Wildman–Crippen MR) is 98.6 cm³/mol. The van der Waals surface area contributed by atoms with Crippen LogP contribution in [0.4, 0.5) is 24.5 Å². The lowest BCUT2D eigenvalue weighted by Gasteiger charge is -2.23. The molecular weight excluding hydrogens is 373 g/mol. The van der Waals surface area contributed by atoms with E-state index in [1.165, 1.54) is 37.4 Å². The second kappa shape index (κ2) is 7.92. The van der Waals surface area contributed by atoms with Gasteiger partial charge in [-0.25, -0.2) is 4.79 Å². The number of esters is 1. The van der Waals surface area contributed by atoms with Crippen LogP contribution in [0.25, 0.3) is 0 Å². The molecule has 0 bridgehead atoms. The van der Waals surface area contributed by atoms with Gasteiger partial charge in [-0.1, -0.05) is 0 Å². The van der Waals surface area contributed by atoms with E-state index in [2.05, 4.69) is 10.1 Å². The van der Waals surface area contributed by atoms with Crippen LogP contribution in [0.3, 0.4) is 0 Å². The summed E-state index contributed by atoms with van der Waals surface area (Å²) in [6.07, 6.45) is -2.61. The molecule has 3 rings (SSSR count). The second-order valence-corrected chi connectivity index (χ2v) is 6.45. The molecule has 0 aromatic heterocycles. The Labute approximate surface area is 160 Å². The highest BCUT2D eigenvalue weighted by Crippen LogP contribution is 2.36. The Morgan fingerprint density at radius 2 is 1.61 bits per heavy atom. The van der Waals surface area contributed by atoms with Crippen molar-refractivity contribution in [3.63, 3.8) is 0 Å². The van der Waals surface area contributed by atoms with Crippen LogP contribution in [0.15, 0.2) is 42.5 Å². The van der Waals surface area contributed by atoms with Gasteiger partial charge in [-0.05, 0) is 55.3 Å². The first kappa shape index (κ1) is 19.7. The van der Waals surface area contributed by atoms with E-state index in [1.807, 2.05) is 4.90 Å². The molecule has 1 aliphatic heterocycles. The van der Waals surface area contributed by atoms with E-state index in [-0.39, 0.29) is 16.8 Å². The minimum atomic E-state index is -4.51. The van der Waals surface area contributed by atoms with Gasteiger partial charge < -0.3 is 15.0 Å². The van der Waals surface area contributed by atoms with Gasteiger partial charge in [0.1, 0.15) is 0 Å². The third kappa shape index (κ3) is 4.27. The molecule has 8 heteroatoms. The molecule has 0 atom stereocenters. The van der Waals surface area contributed by atoms with Gasteiger partial charge in [-0.3, -0.25) is 4.79 Å². The maximum absolute atomic E-state index is 13.1. The van der Waals surface area contributed by atoms with Crippen molar-refractivity contribution in [1.29, 1.82) is 0 Å². The van der Waals surface area contributed by atoms with E-state index >= 15 is 0 Å². The van der Waals surface area contributed by atoms with Crippen LogP contribution < -0.4 is 10.2 Å². The highest BCUT2D eigenvalue weighted by Gasteiger charge is 2.32. The molecule has 28 heavy (non-hydrogen) atoms. The van der Waals surface area contributed by atoms with Crippen LogP contribution in [-0.2, 0) is 10.9 Å². The molecule has 0 radical (unpaired) electrons. The highest BCUT2D eigenvalue weighted by molar-refractivity contribution is 6.06. The highest BCUT2D eigenvalue weighted by atomic mass is 19.4. The third-order valence-electron chi connectivity index (χ3n) is 4.59. The largest absolute Gasteiger partial charge is 0.465 e. The van der Waals surface area contributed by atoms with Crippen molar-refractivity contribution in [2.24, 2.45) is 0 Å². The zero-order valence-corrected chi connectivity index (χ0v) is 15.2. The molecule has 1 fully saturated rings. The number of carbonyl (C=O) groups excluding carboxylic acids is 2. The van der Waals surface area contributed by atoms with Crippen molar-refractivity contribution in [2.45, 2.75) is 19.0 Å². The molecule has 0 saturated carbocycles. The summed E-state index contributed by atoms with van der Waals surface area (Å²) in [4.78, 5) is 26.0. The Balaban J connectivity index is 1.88. The van der Waals surface area contributed by atoms with Crippen LogP contribution in [0.2, 0.25) is 0 Å². The van der Waals surface area contributed by atoms with Crippen LogP contribution in [0.1, 0.15) is 39.1 Å². The summed E-state index contributed by atoms with van der Waals surface area (Å²) in [5, 5.41) is 2.58. The van der Waals surface area contributed by atoms with Crippen LogP contribution >= 0.6 is 0 Å². The summed E-state index contributed by atoms with van der Waals surface area (Å²) in [5.74, 6) is -1.10. The number of nitrogens with zero attached hydrogens (tertiary/aromatic N) is 1. The first-order valence-corrected chi connectivity index (χ1v) is 8.75. The fraction of sp³-hybridized carbons (Fsp3) is 0.300. The number of anilines is 2. The average Bonchev–Trinajstić information content (AvgIpc) is 3.21. The molecule has 2 aromatic carbocycles. The fourth-order valence-corrected chi connectivity index (χ4v) is 3.12. The normalized spacial score (nSPS) is 14.1. The van der Waals surface area contributed by atoms with E-state index in [1.54, 1.807) is 0 Å². The van der Waals surface area contributed by atoms with Crippen molar-refractivity contribution in [1.82, 2.24) is 0 Å². The Morgan fingerprint density at radius 1 is 1.00 bits per heavy atom. The molecule has 5 nitrogen and oxygen atoms in total. The number of alkyl halides is 3. The molecule has 2 aromatic rings. The number of rotatable bonds is 4. The molecule has 0 aliphatic carbocycles. The standard InChI is InChI=1S/C20H19F3N2O3/c1-28-19(27)14-6-4-13(5-7-14)18(26)24-16-12-15(20(21,22)23)8-9-17(16)25-10-2-3-11-25/h4-9,12H,2-3,10-11H2,1H3,(H,24,26). The fourth-order valence-electron chi connectivity index (χ4n) is 3.12. The lowest BCUT2D eigenvalue weighted by Crippen LogP contribution is -2.22. The summed E-state index contributed by atoms with van der Waals surface area (Å²) in [6, 6.07) is 9.06. The van der Waals surface area contributed by atoms with Gasteiger partial charge in [0.15, 0.2) is 0 Å². The van der Waals surface area contributed by atoms with Gasteiger partial charge in [-0.15, -0.1) is 0 Å². The van der Waals surface area contributed by atoms with Gasteiger partial charge in [0, 0.05) is 18.7 Å². The lowest BCUT2D eigenvalue weighted by molar-refractivity contribution is -0.137. The number of hydrogen-bond donors (Lipinski definition) is 1. The van der Waals surface area contributed by atoms with Gasteiger partial charge in [0.2, 0.25) is 0 Å². The van der Waals surface area contributed by atoms with Crippen molar-refractivity contribution >= 4 is 23.3 Å². The third-order valence-corrected chi connectivity index (χ3v) is 4.59. The molecule has 1 heterocycles. The zero-order chi connectivity index (χ0) is 20.3. The monoisotopic (exact) mass is 392 g/mol. The van der Waals surface area contributed by atoms with E-state index in [0.29, 0.717) is 5.69 Å². The van der Waals surface area contributed by atoms with Crippen LogP contribution in [-0.4, -0.2) is 32.1 Å². The van der Waals surface area contributed by atoms with Crippen molar-refractivity contribution < 1.29 is 27.5 Å². The van der Waals surface area contributed by atoms with Gasteiger partial charge in [0.25, 0.3) is 5.91 Å². The smallest absolute Gasteiger partial charge is 0.416 e. The first-order chi connectivity index (χ1) is 13.3. The molecule has 1 aliphatic rings. The molecule has 0 unspecified atom stereocenters. The van der Waals surface area contributed by atoms with Crippen LogP contribution in [0, 0.1) is 0 Å². The number of ether oxygens (including phenoxy) is 1. The Bertz CT molecular complexity index is 873. The number of halogens is 3. The minimum Gasteiger partial charge on any atom is -0.465 e. The summed E-state index contributed by atoms with van der Waals surface area (Å²) < 4.78 is 44.0. The second-order valence-electron chi connectivity index (χ2n) is 6.45. The van der Waals surface area contributed by atoms with Crippen molar-refractivity contribution in [3.8, 4) is 0 Å². The molecule has 148 valence electrons. The number of benzene rings is 2. The SMILES string of the molecule is COC(=O)c1ccc(C(=O)Nc2cc(C(F)(F)F)ccc2N2CCCC2)cc1. The Kier molecular flexibility index (Phi) is 5.58. The average molecular weight is 392 g/mol. The lowest BCUT2D eigenvalue weighted by atomic mass is 10.1. The quantitative estimate of drug-likeness (QED) is 0.787. The van der Waals surface area contributed by atoms with Crippen molar-refractivity contribution in [3.05, 3.63) is 59.2 Å². The topological polar surface area (TPSA) is 58.6 Å². The minimum absolute atomic E-state index is 0.110. The van der Waals surface area contributed by atoms with E-state index < -0.39 is 23.6 Å². The van der Waals surface area contributed by atoms with Crippen molar-refractivity contribution in [2.75, 3.05) is 30.4 Å². The maximum Gasteiger partial charge on any atom is 0.416 e.